The van der Waals surface area contributed by atoms with E-state index < -0.39 is 12.0 Å². The Labute approximate surface area is 105 Å². The third-order valence-corrected chi connectivity index (χ3v) is 3.12. The molecule has 0 saturated heterocycles. The predicted molar refractivity (Wildman–Crippen MR) is 66.8 cm³/mol. The number of hydrogen-bond acceptors (Lipinski definition) is 3. The van der Waals surface area contributed by atoms with Crippen LogP contribution in [0.4, 0.5) is 0 Å². The molecule has 4 nitrogen and oxygen atoms in total. The van der Waals surface area contributed by atoms with Crippen molar-refractivity contribution in [2.45, 2.75) is 26.3 Å². The average Bonchev–Trinajstić information content (AvgIpc) is 2.25. The SMILES string of the molecule is COc1c(C)cc(Cl)c(C)c1CC(N)C(=O)O. The summed E-state index contributed by atoms with van der Waals surface area (Å²) in [5, 5.41) is 9.43. The Hall–Kier alpha value is -1.26. The van der Waals surface area contributed by atoms with E-state index in [0.717, 1.165) is 16.7 Å². The second-order valence-corrected chi connectivity index (χ2v) is 4.37. The minimum absolute atomic E-state index is 0.200. The van der Waals surface area contributed by atoms with Crippen molar-refractivity contribution in [2.24, 2.45) is 5.73 Å². The lowest BCUT2D eigenvalue weighted by Crippen LogP contribution is -2.32. The van der Waals surface area contributed by atoms with Crippen molar-refractivity contribution in [1.29, 1.82) is 0 Å². The van der Waals surface area contributed by atoms with Crippen molar-refractivity contribution in [3.8, 4) is 5.75 Å². The van der Waals surface area contributed by atoms with E-state index in [9.17, 15) is 4.79 Å². The Bertz CT molecular complexity index is 446. The number of halogens is 1. The van der Waals surface area contributed by atoms with Crippen LogP contribution >= 0.6 is 11.6 Å². The van der Waals surface area contributed by atoms with E-state index in [1.807, 2.05) is 13.8 Å². The van der Waals surface area contributed by atoms with Crippen LogP contribution in [0.5, 0.6) is 5.75 Å². The highest BCUT2D eigenvalue weighted by atomic mass is 35.5. The Kier molecular flexibility index (Phi) is 4.37. The molecule has 17 heavy (non-hydrogen) atoms. The Balaban J connectivity index is 3.25. The summed E-state index contributed by atoms with van der Waals surface area (Å²) in [5.74, 6) is -0.382. The molecule has 1 atom stereocenters. The molecule has 0 heterocycles. The van der Waals surface area contributed by atoms with Gasteiger partial charge in [-0.15, -0.1) is 0 Å². The number of carbonyl (C=O) groups is 1. The quantitative estimate of drug-likeness (QED) is 0.864. The molecule has 3 N–H and O–H groups in total. The van der Waals surface area contributed by atoms with E-state index in [0.29, 0.717) is 10.8 Å². The van der Waals surface area contributed by atoms with Gasteiger partial charge in [0.25, 0.3) is 0 Å². The van der Waals surface area contributed by atoms with Gasteiger partial charge in [0.05, 0.1) is 7.11 Å². The molecule has 1 rings (SSSR count). The highest BCUT2D eigenvalue weighted by Crippen LogP contribution is 2.32. The number of rotatable bonds is 4. The number of aryl methyl sites for hydroxylation is 1. The summed E-state index contributed by atoms with van der Waals surface area (Å²) < 4.78 is 5.29. The van der Waals surface area contributed by atoms with Crippen LogP contribution in [0.15, 0.2) is 6.07 Å². The number of carboxylic acids is 1. The third-order valence-electron chi connectivity index (χ3n) is 2.73. The average molecular weight is 258 g/mol. The van der Waals surface area contributed by atoms with Gasteiger partial charge in [0.15, 0.2) is 0 Å². The molecule has 0 aliphatic heterocycles. The summed E-state index contributed by atoms with van der Waals surface area (Å²) in [6.07, 6.45) is 0.200. The van der Waals surface area contributed by atoms with Gasteiger partial charge < -0.3 is 15.6 Å². The molecule has 0 saturated carbocycles. The fourth-order valence-electron chi connectivity index (χ4n) is 1.75. The topological polar surface area (TPSA) is 72.5 Å². The van der Waals surface area contributed by atoms with E-state index in [4.69, 9.17) is 27.2 Å². The zero-order valence-electron chi connectivity index (χ0n) is 10.1. The summed E-state index contributed by atoms with van der Waals surface area (Å²) in [7, 11) is 1.55. The summed E-state index contributed by atoms with van der Waals surface area (Å²) >= 11 is 6.07. The summed E-state index contributed by atoms with van der Waals surface area (Å²) in [4.78, 5) is 10.8. The Morgan fingerprint density at radius 1 is 1.59 bits per heavy atom. The van der Waals surface area contributed by atoms with Crippen molar-refractivity contribution in [2.75, 3.05) is 7.11 Å². The van der Waals surface area contributed by atoms with Crippen molar-refractivity contribution in [3.63, 3.8) is 0 Å². The highest BCUT2D eigenvalue weighted by Gasteiger charge is 2.19. The number of aliphatic carboxylic acids is 1. The van der Waals surface area contributed by atoms with Gasteiger partial charge in [-0.1, -0.05) is 11.6 Å². The number of carboxylic acid groups (broad SMARTS) is 1. The van der Waals surface area contributed by atoms with Gasteiger partial charge in [0, 0.05) is 17.0 Å². The van der Waals surface area contributed by atoms with E-state index in [1.54, 1.807) is 13.2 Å². The number of nitrogens with two attached hydrogens (primary N) is 1. The molecule has 5 heteroatoms. The molecule has 0 spiro atoms. The van der Waals surface area contributed by atoms with E-state index in [1.165, 1.54) is 0 Å². The standard InChI is InChI=1S/C12H16ClNO3/c1-6-4-9(13)7(2)8(11(6)17-3)5-10(14)12(15)16/h4,10H,5,14H2,1-3H3,(H,15,16). The largest absolute Gasteiger partial charge is 0.496 e. The minimum Gasteiger partial charge on any atom is -0.496 e. The zero-order chi connectivity index (χ0) is 13.2. The normalized spacial score (nSPS) is 12.3. The lowest BCUT2D eigenvalue weighted by molar-refractivity contribution is -0.138. The Morgan fingerprint density at radius 2 is 2.18 bits per heavy atom. The van der Waals surface area contributed by atoms with Crippen molar-refractivity contribution in [3.05, 3.63) is 27.8 Å². The molecule has 1 unspecified atom stereocenters. The van der Waals surface area contributed by atoms with Crippen molar-refractivity contribution in [1.82, 2.24) is 0 Å². The number of hydrogen-bond donors (Lipinski definition) is 2. The predicted octanol–water partition coefficient (Wildman–Crippen LogP) is 1.92. The molecule has 94 valence electrons. The maximum atomic E-state index is 10.8. The van der Waals surface area contributed by atoms with Crippen molar-refractivity contribution >= 4 is 17.6 Å². The fraction of sp³-hybridized carbons (Fsp3) is 0.417. The molecule has 0 aliphatic carbocycles. The van der Waals surface area contributed by atoms with Gasteiger partial charge in [-0.05, 0) is 31.0 Å². The number of benzene rings is 1. The molecular formula is C12H16ClNO3. The number of methoxy groups -OCH3 is 1. The number of ether oxygens (including phenoxy) is 1. The second-order valence-electron chi connectivity index (χ2n) is 3.96. The van der Waals surface area contributed by atoms with Crippen LogP contribution in [0.25, 0.3) is 0 Å². The van der Waals surface area contributed by atoms with Gasteiger partial charge in [-0.25, -0.2) is 0 Å². The van der Waals surface area contributed by atoms with Gasteiger partial charge in [0.1, 0.15) is 11.8 Å². The van der Waals surface area contributed by atoms with Crippen LogP contribution in [-0.4, -0.2) is 24.2 Å². The summed E-state index contributed by atoms with van der Waals surface area (Å²) in [6.45, 7) is 3.69. The summed E-state index contributed by atoms with van der Waals surface area (Å²) in [6, 6.07) is 0.839. The van der Waals surface area contributed by atoms with Crippen LogP contribution < -0.4 is 10.5 Å². The maximum absolute atomic E-state index is 10.8. The van der Waals surface area contributed by atoms with E-state index in [2.05, 4.69) is 0 Å². The van der Waals surface area contributed by atoms with Gasteiger partial charge in [-0.3, -0.25) is 4.79 Å². The lowest BCUT2D eigenvalue weighted by Gasteiger charge is -2.17. The first-order valence-electron chi connectivity index (χ1n) is 5.19. The molecule has 0 fully saturated rings. The highest BCUT2D eigenvalue weighted by molar-refractivity contribution is 6.31. The molecule has 0 aromatic heterocycles. The third kappa shape index (κ3) is 2.90. The zero-order valence-corrected chi connectivity index (χ0v) is 10.8. The van der Waals surface area contributed by atoms with E-state index >= 15 is 0 Å². The maximum Gasteiger partial charge on any atom is 0.320 e. The first kappa shape index (κ1) is 13.8. The lowest BCUT2D eigenvalue weighted by atomic mass is 9.97. The molecule has 1 aromatic carbocycles. The molecule has 1 aromatic rings. The van der Waals surface area contributed by atoms with E-state index in [-0.39, 0.29) is 6.42 Å². The molecule has 0 bridgehead atoms. The second kappa shape index (κ2) is 5.38. The monoisotopic (exact) mass is 257 g/mol. The Morgan fingerprint density at radius 3 is 2.65 bits per heavy atom. The van der Waals surface area contributed by atoms with Crippen LogP contribution in [0, 0.1) is 13.8 Å². The molecule has 0 aliphatic rings. The first-order valence-corrected chi connectivity index (χ1v) is 5.57. The minimum atomic E-state index is -1.04. The van der Waals surface area contributed by atoms with Gasteiger partial charge in [0.2, 0.25) is 0 Å². The van der Waals surface area contributed by atoms with Crippen LogP contribution in [0.2, 0.25) is 5.02 Å². The van der Waals surface area contributed by atoms with Crippen LogP contribution in [0.3, 0.4) is 0 Å². The van der Waals surface area contributed by atoms with Crippen LogP contribution in [-0.2, 0) is 11.2 Å². The van der Waals surface area contributed by atoms with Crippen LogP contribution in [0.1, 0.15) is 16.7 Å². The molecule has 0 amide bonds. The fourth-order valence-corrected chi connectivity index (χ4v) is 2.03. The van der Waals surface area contributed by atoms with Crippen molar-refractivity contribution < 1.29 is 14.6 Å². The smallest absolute Gasteiger partial charge is 0.320 e. The summed E-state index contributed by atoms with van der Waals surface area (Å²) in [5.41, 5.74) is 7.98. The molecular weight excluding hydrogens is 242 g/mol. The van der Waals surface area contributed by atoms with Gasteiger partial charge >= 0.3 is 5.97 Å². The first-order chi connectivity index (χ1) is 7.88. The van der Waals surface area contributed by atoms with Gasteiger partial charge in [-0.2, -0.15) is 0 Å². The molecule has 0 radical (unpaired) electrons.